The second-order valence-electron chi connectivity index (χ2n) is 7.89. The Bertz CT molecular complexity index is 680. The van der Waals surface area contributed by atoms with Gasteiger partial charge in [-0.05, 0) is 37.3 Å². The molecule has 2 heterocycles. The van der Waals surface area contributed by atoms with Gasteiger partial charge in [-0.25, -0.2) is 9.78 Å². The van der Waals surface area contributed by atoms with E-state index in [0.29, 0.717) is 29.0 Å². The van der Waals surface area contributed by atoms with Gasteiger partial charge in [-0.2, -0.15) is 0 Å². The molecule has 0 bridgehead atoms. The predicted molar refractivity (Wildman–Crippen MR) is 109 cm³/mol. The van der Waals surface area contributed by atoms with E-state index in [1.54, 1.807) is 12.3 Å². The molecule has 3 rings (SSSR count). The lowest BCUT2D eigenvalue weighted by Crippen LogP contribution is -2.47. The number of nitrogens with one attached hydrogen (secondary N) is 1. The van der Waals surface area contributed by atoms with Crippen LogP contribution in [0, 0.1) is 0 Å². The fourth-order valence-electron chi connectivity index (χ4n) is 4.27. The number of esters is 1. The van der Waals surface area contributed by atoms with E-state index in [1.165, 1.54) is 39.2 Å². The number of ether oxygens (including phenoxy) is 1. The highest BCUT2D eigenvalue weighted by molar-refractivity contribution is 5.95. The van der Waals surface area contributed by atoms with Gasteiger partial charge in [0.2, 0.25) is 0 Å². The lowest BCUT2D eigenvalue weighted by molar-refractivity contribution is -0.117. The van der Waals surface area contributed by atoms with Gasteiger partial charge in [-0.1, -0.05) is 19.3 Å². The maximum atomic E-state index is 12.3. The highest BCUT2D eigenvalue weighted by atomic mass is 16.5. The zero-order valence-electron chi connectivity index (χ0n) is 16.8. The molecule has 1 aliphatic heterocycles. The number of nitrogens with zero attached hydrogens (tertiary/aromatic N) is 2. The van der Waals surface area contributed by atoms with Crippen LogP contribution in [0.5, 0.6) is 0 Å². The SMILES string of the molecule is COC(=O)c1cc(CC(=O)CN)cnc1N1CCC(NC2CCCCC2)CC1. The maximum Gasteiger partial charge on any atom is 0.341 e. The molecule has 0 atom stereocenters. The third-order valence-corrected chi connectivity index (χ3v) is 5.83. The van der Waals surface area contributed by atoms with Crippen LogP contribution in [-0.2, 0) is 16.0 Å². The van der Waals surface area contributed by atoms with E-state index in [1.807, 2.05) is 0 Å². The van der Waals surface area contributed by atoms with Crippen molar-refractivity contribution in [3.8, 4) is 0 Å². The van der Waals surface area contributed by atoms with Crippen LogP contribution in [0.1, 0.15) is 60.9 Å². The fraction of sp³-hybridized carbons (Fsp3) is 0.667. The molecule has 1 aromatic heterocycles. The summed E-state index contributed by atoms with van der Waals surface area (Å²) >= 11 is 0. The molecule has 3 N–H and O–H groups in total. The molecule has 1 aliphatic carbocycles. The molecular formula is C21H32N4O3. The molecule has 0 radical (unpaired) electrons. The first-order valence-corrected chi connectivity index (χ1v) is 10.4. The molecule has 2 aliphatic rings. The van der Waals surface area contributed by atoms with Crippen LogP contribution in [0.2, 0.25) is 0 Å². The van der Waals surface area contributed by atoms with Crippen LogP contribution in [0.25, 0.3) is 0 Å². The summed E-state index contributed by atoms with van der Waals surface area (Å²) in [5.74, 6) is 0.138. The second-order valence-corrected chi connectivity index (χ2v) is 7.89. The van der Waals surface area contributed by atoms with Crippen LogP contribution in [0.15, 0.2) is 12.3 Å². The van der Waals surface area contributed by atoms with Crippen molar-refractivity contribution in [3.63, 3.8) is 0 Å². The van der Waals surface area contributed by atoms with Crippen molar-refractivity contribution in [1.82, 2.24) is 10.3 Å². The number of carbonyl (C=O) groups is 2. The van der Waals surface area contributed by atoms with E-state index in [4.69, 9.17) is 10.5 Å². The lowest BCUT2D eigenvalue weighted by atomic mass is 9.93. The van der Waals surface area contributed by atoms with Gasteiger partial charge >= 0.3 is 5.97 Å². The summed E-state index contributed by atoms with van der Waals surface area (Å²) in [7, 11) is 1.37. The smallest absolute Gasteiger partial charge is 0.341 e. The molecule has 28 heavy (non-hydrogen) atoms. The number of nitrogens with two attached hydrogens (primary N) is 1. The van der Waals surface area contributed by atoms with Crippen molar-refractivity contribution in [2.24, 2.45) is 5.73 Å². The Morgan fingerprint density at radius 2 is 1.86 bits per heavy atom. The van der Waals surface area contributed by atoms with E-state index in [-0.39, 0.29) is 18.7 Å². The molecular weight excluding hydrogens is 356 g/mol. The zero-order chi connectivity index (χ0) is 19.9. The largest absolute Gasteiger partial charge is 0.465 e. The summed E-state index contributed by atoms with van der Waals surface area (Å²) in [5, 5.41) is 3.83. The summed E-state index contributed by atoms with van der Waals surface area (Å²) in [5.41, 5.74) is 6.50. The highest BCUT2D eigenvalue weighted by Crippen LogP contribution is 2.25. The average molecular weight is 389 g/mol. The van der Waals surface area contributed by atoms with Crippen LogP contribution >= 0.6 is 0 Å². The fourth-order valence-corrected chi connectivity index (χ4v) is 4.27. The molecule has 154 valence electrons. The Morgan fingerprint density at radius 3 is 2.50 bits per heavy atom. The first-order chi connectivity index (χ1) is 13.6. The number of rotatable bonds is 7. The molecule has 2 fully saturated rings. The van der Waals surface area contributed by atoms with E-state index in [0.717, 1.165) is 25.9 Å². The number of Topliss-reactive ketones (excluding diaryl/α,β-unsaturated/α-hetero) is 1. The van der Waals surface area contributed by atoms with Crippen molar-refractivity contribution in [2.45, 2.75) is 63.5 Å². The van der Waals surface area contributed by atoms with E-state index >= 15 is 0 Å². The van der Waals surface area contributed by atoms with Crippen molar-refractivity contribution in [2.75, 3.05) is 31.6 Å². The van der Waals surface area contributed by atoms with Gasteiger partial charge in [-0.3, -0.25) is 4.79 Å². The summed E-state index contributed by atoms with van der Waals surface area (Å²) in [6.07, 6.45) is 10.5. The third kappa shape index (κ3) is 5.29. The lowest BCUT2D eigenvalue weighted by Gasteiger charge is -2.36. The Balaban J connectivity index is 1.65. The van der Waals surface area contributed by atoms with Gasteiger partial charge in [0.05, 0.1) is 13.7 Å². The summed E-state index contributed by atoms with van der Waals surface area (Å²) in [4.78, 5) is 30.6. The average Bonchev–Trinajstić information content (AvgIpc) is 2.74. The topological polar surface area (TPSA) is 97.5 Å². The number of hydrogen-bond donors (Lipinski definition) is 2. The molecule has 1 saturated carbocycles. The van der Waals surface area contributed by atoms with Crippen molar-refractivity contribution < 1.29 is 14.3 Å². The standard InChI is InChI=1S/C21H32N4O3/c1-28-21(27)19-12-15(11-18(26)13-22)14-23-20(19)25-9-7-17(8-10-25)24-16-5-3-2-4-6-16/h12,14,16-17,24H,2-11,13,22H2,1H3. The molecule has 0 spiro atoms. The van der Waals surface area contributed by atoms with E-state index in [9.17, 15) is 9.59 Å². The van der Waals surface area contributed by atoms with Gasteiger partial charge < -0.3 is 20.7 Å². The molecule has 0 unspecified atom stereocenters. The maximum absolute atomic E-state index is 12.3. The van der Waals surface area contributed by atoms with E-state index in [2.05, 4.69) is 15.2 Å². The minimum Gasteiger partial charge on any atom is -0.465 e. The zero-order valence-corrected chi connectivity index (χ0v) is 16.8. The summed E-state index contributed by atoms with van der Waals surface area (Å²) < 4.78 is 4.95. The summed E-state index contributed by atoms with van der Waals surface area (Å²) in [6.45, 7) is 1.68. The molecule has 0 aromatic carbocycles. The first-order valence-electron chi connectivity index (χ1n) is 10.4. The number of pyridine rings is 1. The number of aromatic nitrogens is 1. The van der Waals surface area contributed by atoms with Crippen LogP contribution in [0.4, 0.5) is 5.82 Å². The first kappa shape index (κ1) is 20.7. The van der Waals surface area contributed by atoms with Crippen molar-refractivity contribution >= 4 is 17.6 Å². The van der Waals surface area contributed by atoms with Crippen LogP contribution < -0.4 is 16.0 Å². The second kappa shape index (κ2) is 9.98. The van der Waals surface area contributed by atoms with Crippen LogP contribution in [-0.4, -0.2) is 55.6 Å². The van der Waals surface area contributed by atoms with Gasteiger partial charge in [-0.15, -0.1) is 0 Å². The third-order valence-electron chi connectivity index (χ3n) is 5.83. The molecule has 0 amide bonds. The Labute approximate surface area is 167 Å². The normalized spacial score (nSPS) is 18.9. The predicted octanol–water partition coefficient (Wildman–Crippen LogP) is 1.83. The Kier molecular flexibility index (Phi) is 7.39. The quantitative estimate of drug-likeness (QED) is 0.688. The minimum absolute atomic E-state index is 0.0170. The van der Waals surface area contributed by atoms with Crippen molar-refractivity contribution in [3.05, 3.63) is 23.4 Å². The van der Waals surface area contributed by atoms with Gasteiger partial charge in [0.25, 0.3) is 0 Å². The Hall–Kier alpha value is -1.99. The molecule has 7 heteroatoms. The molecule has 1 aromatic rings. The molecule has 7 nitrogen and oxygen atoms in total. The van der Waals surface area contributed by atoms with Crippen molar-refractivity contribution in [1.29, 1.82) is 0 Å². The number of carbonyl (C=O) groups excluding carboxylic acids is 2. The molecule has 1 saturated heterocycles. The number of piperidine rings is 1. The van der Waals surface area contributed by atoms with Crippen LogP contribution in [0.3, 0.4) is 0 Å². The number of methoxy groups -OCH3 is 1. The highest BCUT2D eigenvalue weighted by Gasteiger charge is 2.26. The van der Waals surface area contributed by atoms with Gasteiger partial charge in [0.15, 0.2) is 5.78 Å². The number of hydrogen-bond acceptors (Lipinski definition) is 7. The summed E-state index contributed by atoms with van der Waals surface area (Å²) in [6, 6.07) is 2.91. The monoisotopic (exact) mass is 388 g/mol. The van der Waals surface area contributed by atoms with Gasteiger partial charge in [0, 0.05) is 37.8 Å². The van der Waals surface area contributed by atoms with Gasteiger partial charge in [0.1, 0.15) is 11.4 Å². The van der Waals surface area contributed by atoms with E-state index < -0.39 is 5.97 Å². The number of anilines is 1. The minimum atomic E-state index is -0.424. The number of ketones is 1. The Morgan fingerprint density at radius 1 is 1.18 bits per heavy atom.